The van der Waals surface area contributed by atoms with Crippen molar-refractivity contribution >= 4 is 24.2 Å². The average Bonchev–Trinajstić information content (AvgIpc) is 1.68. The van der Waals surface area contributed by atoms with Gasteiger partial charge in [0.1, 0.15) is 0 Å². The molecule has 0 aliphatic heterocycles. The summed E-state index contributed by atoms with van der Waals surface area (Å²) in [5.41, 5.74) is 0. The van der Waals surface area contributed by atoms with Gasteiger partial charge >= 0.3 is 0 Å². The van der Waals surface area contributed by atoms with E-state index in [1.54, 1.807) is 0 Å². The molecule has 44 valence electrons. The van der Waals surface area contributed by atoms with Crippen molar-refractivity contribution < 1.29 is 0 Å². The topological polar surface area (TPSA) is 0 Å². The molecule has 0 aromatic rings. The van der Waals surface area contributed by atoms with E-state index in [4.69, 9.17) is 11.6 Å². The first kappa shape index (κ1) is 7.64. The molecular weight excluding hydrogens is 128 g/mol. The summed E-state index contributed by atoms with van der Waals surface area (Å²) in [6, 6.07) is 0. The fourth-order valence-electron chi connectivity index (χ4n) is 0.344. The van der Waals surface area contributed by atoms with Gasteiger partial charge in [-0.1, -0.05) is 6.92 Å². The summed E-state index contributed by atoms with van der Waals surface area (Å²) in [6.07, 6.45) is 2.09. The fraction of sp³-hybridized carbons (Fsp3) is 1.00. The SMILES string of the molecule is CCC(Cl)CCS. The molecule has 0 N–H and O–H groups in total. The molecule has 1 unspecified atom stereocenters. The van der Waals surface area contributed by atoms with E-state index in [0.29, 0.717) is 5.38 Å². The van der Waals surface area contributed by atoms with E-state index in [0.717, 1.165) is 18.6 Å². The lowest BCUT2D eigenvalue weighted by atomic mass is 10.3. The third-order valence-electron chi connectivity index (χ3n) is 0.885. The molecule has 0 bridgehead atoms. The Hall–Kier alpha value is 0.640. The Kier molecular flexibility index (Phi) is 5.23. The van der Waals surface area contributed by atoms with Crippen LogP contribution in [-0.4, -0.2) is 11.1 Å². The molecule has 0 aliphatic rings. The molecule has 2 heteroatoms. The average molecular weight is 139 g/mol. The van der Waals surface area contributed by atoms with E-state index in [2.05, 4.69) is 19.6 Å². The minimum Gasteiger partial charge on any atom is -0.179 e. The van der Waals surface area contributed by atoms with Crippen LogP contribution in [0.4, 0.5) is 0 Å². The number of rotatable bonds is 3. The van der Waals surface area contributed by atoms with E-state index < -0.39 is 0 Å². The number of hydrogen-bond donors (Lipinski definition) is 1. The molecule has 0 nitrogen and oxygen atoms in total. The van der Waals surface area contributed by atoms with Gasteiger partial charge in [-0.25, -0.2) is 0 Å². The molecule has 0 aliphatic carbocycles. The molecule has 7 heavy (non-hydrogen) atoms. The molecule has 0 saturated heterocycles. The maximum absolute atomic E-state index is 5.72. The van der Waals surface area contributed by atoms with Crippen molar-refractivity contribution in [2.75, 3.05) is 5.75 Å². The number of alkyl halides is 1. The minimum atomic E-state index is 0.345. The Morgan fingerprint density at radius 1 is 1.71 bits per heavy atom. The van der Waals surface area contributed by atoms with Gasteiger partial charge in [-0.05, 0) is 18.6 Å². The molecule has 1 atom stereocenters. The molecule has 0 fully saturated rings. The van der Waals surface area contributed by atoms with Gasteiger partial charge < -0.3 is 0 Å². The normalized spacial score (nSPS) is 14.1. The van der Waals surface area contributed by atoms with Crippen molar-refractivity contribution in [1.29, 1.82) is 0 Å². The smallest absolute Gasteiger partial charge is 0.0341 e. The molecule has 0 heterocycles. The summed E-state index contributed by atoms with van der Waals surface area (Å²) in [7, 11) is 0. The van der Waals surface area contributed by atoms with E-state index in [9.17, 15) is 0 Å². The van der Waals surface area contributed by atoms with Crippen LogP contribution in [0.5, 0.6) is 0 Å². The van der Waals surface area contributed by atoms with Gasteiger partial charge in [-0.15, -0.1) is 11.6 Å². The predicted octanol–water partition coefficient (Wildman–Crippen LogP) is 2.32. The van der Waals surface area contributed by atoms with Gasteiger partial charge in [0.15, 0.2) is 0 Å². The van der Waals surface area contributed by atoms with E-state index >= 15 is 0 Å². The van der Waals surface area contributed by atoms with Crippen LogP contribution in [-0.2, 0) is 0 Å². The lowest BCUT2D eigenvalue weighted by molar-refractivity contribution is 0.790. The standard InChI is InChI=1S/C5H11ClS/c1-2-5(6)3-4-7/h5,7H,2-4H2,1H3. The summed E-state index contributed by atoms with van der Waals surface area (Å²) >= 11 is 9.75. The highest BCUT2D eigenvalue weighted by Crippen LogP contribution is 2.05. The Morgan fingerprint density at radius 3 is 2.43 bits per heavy atom. The Labute approximate surface area is 55.7 Å². The molecule has 0 aromatic carbocycles. The quantitative estimate of drug-likeness (QED) is 0.449. The summed E-state index contributed by atoms with van der Waals surface area (Å²) in [5, 5.41) is 0.345. The monoisotopic (exact) mass is 138 g/mol. The second-order valence-electron chi connectivity index (χ2n) is 1.52. The van der Waals surface area contributed by atoms with Gasteiger partial charge in [-0.2, -0.15) is 12.6 Å². The first-order valence-corrected chi connectivity index (χ1v) is 3.63. The summed E-state index contributed by atoms with van der Waals surface area (Å²) < 4.78 is 0. The summed E-state index contributed by atoms with van der Waals surface area (Å²) in [4.78, 5) is 0. The lowest BCUT2D eigenvalue weighted by Crippen LogP contribution is -1.94. The third kappa shape index (κ3) is 4.49. The number of halogens is 1. The highest BCUT2D eigenvalue weighted by atomic mass is 35.5. The molecule has 0 spiro atoms. The van der Waals surface area contributed by atoms with Crippen LogP contribution < -0.4 is 0 Å². The first-order chi connectivity index (χ1) is 3.31. The van der Waals surface area contributed by atoms with Crippen molar-refractivity contribution in [1.82, 2.24) is 0 Å². The Bertz CT molecular complexity index is 39.1. The van der Waals surface area contributed by atoms with Crippen molar-refractivity contribution in [3.05, 3.63) is 0 Å². The fourth-order valence-corrected chi connectivity index (χ4v) is 0.917. The first-order valence-electron chi connectivity index (χ1n) is 2.56. The van der Waals surface area contributed by atoms with Crippen LogP contribution >= 0.6 is 24.2 Å². The highest BCUT2D eigenvalue weighted by molar-refractivity contribution is 7.80. The Morgan fingerprint density at radius 2 is 2.29 bits per heavy atom. The minimum absolute atomic E-state index is 0.345. The van der Waals surface area contributed by atoms with E-state index in [1.807, 2.05) is 0 Å². The largest absolute Gasteiger partial charge is 0.179 e. The van der Waals surface area contributed by atoms with Gasteiger partial charge in [0.2, 0.25) is 0 Å². The van der Waals surface area contributed by atoms with Crippen LogP contribution in [0.2, 0.25) is 0 Å². The van der Waals surface area contributed by atoms with Crippen LogP contribution in [0.25, 0.3) is 0 Å². The highest BCUT2D eigenvalue weighted by Gasteiger charge is 1.95. The molecule has 0 radical (unpaired) electrons. The maximum atomic E-state index is 5.72. The van der Waals surface area contributed by atoms with Crippen LogP contribution in [0, 0.1) is 0 Å². The van der Waals surface area contributed by atoms with Crippen molar-refractivity contribution in [2.45, 2.75) is 25.1 Å². The summed E-state index contributed by atoms with van der Waals surface area (Å²) in [5.74, 6) is 0.905. The molecule has 0 rings (SSSR count). The van der Waals surface area contributed by atoms with Crippen molar-refractivity contribution in [3.8, 4) is 0 Å². The van der Waals surface area contributed by atoms with Crippen LogP contribution in [0.3, 0.4) is 0 Å². The zero-order chi connectivity index (χ0) is 5.70. The maximum Gasteiger partial charge on any atom is 0.0341 e. The van der Waals surface area contributed by atoms with Gasteiger partial charge in [0.25, 0.3) is 0 Å². The Balaban J connectivity index is 2.83. The lowest BCUT2D eigenvalue weighted by Gasteiger charge is -1.99. The number of thiol groups is 1. The second-order valence-corrected chi connectivity index (χ2v) is 2.58. The van der Waals surface area contributed by atoms with Crippen LogP contribution in [0.1, 0.15) is 19.8 Å². The molecular formula is C5H11ClS. The van der Waals surface area contributed by atoms with Crippen molar-refractivity contribution in [3.63, 3.8) is 0 Å². The molecule has 0 aromatic heterocycles. The zero-order valence-corrected chi connectivity index (χ0v) is 6.17. The third-order valence-corrected chi connectivity index (χ3v) is 1.67. The molecule has 0 amide bonds. The van der Waals surface area contributed by atoms with Gasteiger partial charge in [-0.3, -0.25) is 0 Å². The molecule has 0 saturated carbocycles. The van der Waals surface area contributed by atoms with Gasteiger partial charge in [0.05, 0.1) is 0 Å². The predicted molar refractivity (Wildman–Crippen MR) is 38.4 cm³/mol. The summed E-state index contributed by atoms with van der Waals surface area (Å²) in [6.45, 7) is 2.08. The van der Waals surface area contributed by atoms with Crippen molar-refractivity contribution in [2.24, 2.45) is 0 Å². The van der Waals surface area contributed by atoms with Gasteiger partial charge in [0, 0.05) is 5.38 Å². The second kappa shape index (κ2) is 4.79. The number of hydrogen-bond acceptors (Lipinski definition) is 1. The van der Waals surface area contributed by atoms with E-state index in [1.165, 1.54) is 0 Å². The zero-order valence-electron chi connectivity index (χ0n) is 4.52. The van der Waals surface area contributed by atoms with E-state index in [-0.39, 0.29) is 0 Å². The van der Waals surface area contributed by atoms with Crippen LogP contribution in [0.15, 0.2) is 0 Å².